The van der Waals surface area contributed by atoms with E-state index in [1.165, 1.54) is 23.0 Å². The minimum atomic E-state index is -0.513. The Hall–Kier alpha value is -3.56. The van der Waals surface area contributed by atoms with Crippen molar-refractivity contribution in [3.05, 3.63) is 108 Å². The van der Waals surface area contributed by atoms with E-state index in [4.69, 9.17) is 16.3 Å². The molecule has 36 heavy (non-hydrogen) atoms. The molecule has 0 aliphatic rings. The zero-order chi connectivity index (χ0) is 25.8. The summed E-state index contributed by atoms with van der Waals surface area (Å²) in [6.07, 6.45) is 2.17. The average Bonchev–Trinajstić information content (AvgIpc) is 2.87. The van der Waals surface area contributed by atoms with E-state index in [1.807, 2.05) is 19.9 Å². The molecule has 3 aromatic carbocycles. The molecule has 8 nitrogen and oxygen atoms in total. The molecule has 1 aromatic heterocycles. The topological polar surface area (TPSA) is 99.6 Å². The molecule has 1 atom stereocenters. The minimum Gasteiger partial charge on any atom is -0.482 e. The highest BCUT2D eigenvalue weighted by molar-refractivity contribution is 9.10. The molecule has 0 saturated carbocycles. The highest BCUT2D eigenvalue weighted by Crippen LogP contribution is 2.29. The van der Waals surface area contributed by atoms with Gasteiger partial charge in [0.15, 0.2) is 5.75 Å². The SMILES string of the molecule is CC[C@H](C)c1nc2ccc(Br)cc2c(=O)n1N=Cc1ccc(OCc2ccc(Cl)cc2)c([N+](=O)[O-])c1. The Bertz CT molecular complexity index is 1520. The van der Waals surface area contributed by atoms with Gasteiger partial charge in [-0.25, -0.2) is 4.98 Å². The molecule has 0 spiro atoms. The maximum atomic E-state index is 13.3. The van der Waals surface area contributed by atoms with E-state index in [0.29, 0.717) is 27.3 Å². The van der Waals surface area contributed by atoms with Gasteiger partial charge in [-0.1, -0.05) is 53.5 Å². The predicted octanol–water partition coefficient (Wildman–Crippen LogP) is 6.70. The predicted molar refractivity (Wildman–Crippen MR) is 144 cm³/mol. The summed E-state index contributed by atoms with van der Waals surface area (Å²) in [5, 5.41) is 17.1. The molecular weight excluding hydrogens is 548 g/mol. The van der Waals surface area contributed by atoms with Crippen LogP contribution < -0.4 is 10.3 Å². The van der Waals surface area contributed by atoms with Crippen molar-refractivity contribution in [2.45, 2.75) is 32.8 Å². The van der Waals surface area contributed by atoms with E-state index in [0.717, 1.165) is 16.5 Å². The zero-order valence-electron chi connectivity index (χ0n) is 19.5. The lowest BCUT2D eigenvalue weighted by atomic mass is 10.1. The van der Waals surface area contributed by atoms with Crippen LogP contribution in [-0.2, 0) is 6.61 Å². The standard InChI is InChI=1S/C26H22BrClN4O4/c1-3-16(2)25-30-22-10-7-19(27)13-21(22)26(33)31(25)29-14-18-6-11-24(23(12-18)32(34)35)36-15-17-4-8-20(28)9-5-17/h4-14,16H,3,15H2,1-2H3/t16-/m0/s1. The van der Waals surface area contributed by atoms with Crippen LogP contribution in [0.3, 0.4) is 0 Å². The van der Waals surface area contributed by atoms with Crippen molar-refractivity contribution in [3.63, 3.8) is 0 Å². The number of rotatable bonds is 8. The maximum absolute atomic E-state index is 13.3. The van der Waals surface area contributed by atoms with Gasteiger partial charge in [-0.05, 0) is 54.4 Å². The van der Waals surface area contributed by atoms with Gasteiger partial charge in [-0.2, -0.15) is 9.78 Å². The van der Waals surface area contributed by atoms with Gasteiger partial charge in [-0.15, -0.1) is 0 Å². The summed E-state index contributed by atoms with van der Waals surface area (Å²) >= 11 is 9.29. The third kappa shape index (κ3) is 5.63. The fourth-order valence-electron chi connectivity index (χ4n) is 3.52. The summed E-state index contributed by atoms with van der Waals surface area (Å²) in [6.45, 7) is 4.12. The molecule has 0 aliphatic heterocycles. The van der Waals surface area contributed by atoms with Gasteiger partial charge in [0, 0.05) is 27.0 Å². The van der Waals surface area contributed by atoms with E-state index < -0.39 is 4.92 Å². The van der Waals surface area contributed by atoms with Crippen molar-refractivity contribution >= 4 is 50.3 Å². The van der Waals surface area contributed by atoms with Crippen LogP contribution in [0.4, 0.5) is 5.69 Å². The van der Waals surface area contributed by atoms with Gasteiger partial charge in [0.25, 0.3) is 5.56 Å². The molecule has 0 unspecified atom stereocenters. The summed E-state index contributed by atoms with van der Waals surface area (Å²) < 4.78 is 7.71. The van der Waals surface area contributed by atoms with Crippen LogP contribution in [0.5, 0.6) is 5.75 Å². The highest BCUT2D eigenvalue weighted by Gasteiger charge is 2.18. The van der Waals surface area contributed by atoms with Crippen molar-refractivity contribution in [1.82, 2.24) is 9.66 Å². The van der Waals surface area contributed by atoms with Gasteiger partial charge < -0.3 is 4.74 Å². The first-order valence-electron chi connectivity index (χ1n) is 11.2. The smallest absolute Gasteiger partial charge is 0.311 e. The second-order valence-corrected chi connectivity index (χ2v) is 9.55. The Balaban J connectivity index is 1.68. The number of nitro groups is 1. The summed E-state index contributed by atoms with van der Waals surface area (Å²) in [4.78, 5) is 29.1. The molecule has 1 heterocycles. The number of halogens is 2. The normalized spacial score (nSPS) is 12.2. The Kier molecular flexibility index (Phi) is 7.81. The van der Waals surface area contributed by atoms with E-state index in [9.17, 15) is 14.9 Å². The van der Waals surface area contributed by atoms with Gasteiger partial charge in [0.2, 0.25) is 0 Å². The monoisotopic (exact) mass is 568 g/mol. The number of ether oxygens (including phenoxy) is 1. The molecule has 0 bridgehead atoms. The lowest BCUT2D eigenvalue weighted by Crippen LogP contribution is -2.23. The van der Waals surface area contributed by atoms with Gasteiger partial charge >= 0.3 is 5.69 Å². The first-order chi connectivity index (χ1) is 17.3. The molecule has 4 aromatic rings. The number of benzene rings is 3. The molecule has 0 radical (unpaired) electrons. The van der Waals surface area contributed by atoms with Crippen molar-refractivity contribution in [2.75, 3.05) is 0 Å². The first-order valence-corrected chi connectivity index (χ1v) is 12.4. The Morgan fingerprint density at radius 2 is 1.94 bits per heavy atom. The van der Waals surface area contributed by atoms with E-state index in [2.05, 4.69) is 26.0 Å². The summed E-state index contributed by atoms with van der Waals surface area (Å²) in [7, 11) is 0. The molecule has 0 saturated heterocycles. The minimum absolute atomic E-state index is 0.0270. The summed E-state index contributed by atoms with van der Waals surface area (Å²) in [5.74, 6) is 0.619. The molecular formula is C26H22BrClN4O4. The number of hydrogen-bond acceptors (Lipinski definition) is 6. The Morgan fingerprint density at radius 1 is 1.19 bits per heavy atom. The maximum Gasteiger partial charge on any atom is 0.311 e. The first kappa shape index (κ1) is 25.5. The summed E-state index contributed by atoms with van der Waals surface area (Å²) in [5.41, 5.74) is 1.33. The lowest BCUT2D eigenvalue weighted by molar-refractivity contribution is -0.385. The Labute approximate surface area is 220 Å². The van der Waals surface area contributed by atoms with Crippen LogP contribution in [0.1, 0.15) is 43.1 Å². The van der Waals surface area contributed by atoms with Crippen molar-refractivity contribution in [2.24, 2.45) is 5.10 Å². The van der Waals surface area contributed by atoms with E-state index in [1.54, 1.807) is 42.5 Å². The summed E-state index contributed by atoms with van der Waals surface area (Å²) in [6, 6.07) is 16.9. The number of nitro benzene ring substituents is 1. The molecule has 0 aliphatic carbocycles. The zero-order valence-corrected chi connectivity index (χ0v) is 21.9. The van der Waals surface area contributed by atoms with Crippen LogP contribution in [0.25, 0.3) is 10.9 Å². The number of hydrogen-bond donors (Lipinski definition) is 0. The number of fused-ring (bicyclic) bond motifs is 1. The van der Waals surface area contributed by atoms with Crippen LogP contribution in [0.15, 0.2) is 75.0 Å². The largest absolute Gasteiger partial charge is 0.482 e. The average molecular weight is 570 g/mol. The fraction of sp³-hybridized carbons (Fsp3) is 0.192. The molecule has 0 amide bonds. The fourth-order valence-corrected chi connectivity index (χ4v) is 4.01. The quantitative estimate of drug-likeness (QED) is 0.134. The molecule has 0 N–H and O–H groups in total. The second-order valence-electron chi connectivity index (χ2n) is 8.20. The van der Waals surface area contributed by atoms with Gasteiger partial charge in [0.1, 0.15) is 12.4 Å². The number of nitrogens with zero attached hydrogens (tertiary/aromatic N) is 4. The molecule has 4 rings (SSSR count). The van der Waals surface area contributed by atoms with Crippen molar-refractivity contribution in [1.29, 1.82) is 0 Å². The molecule has 0 fully saturated rings. The van der Waals surface area contributed by atoms with Crippen LogP contribution in [-0.4, -0.2) is 20.8 Å². The second kappa shape index (κ2) is 11.0. The molecule has 10 heteroatoms. The highest BCUT2D eigenvalue weighted by atomic mass is 79.9. The third-order valence-electron chi connectivity index (χ3n) is 5.70. The van der Waals surface area contributed by atoms with E-state index >= 15 is 0 Å². The number of aromatic nitrogens is 2. The third-order valence-corrected chi connectivity index (χ3v) is 6.44. The van der Waals surface area contributed by atoms with Crippen LogP contribution in [0, 0.1) is 10.1 Å². The lowest BCUT2D eigenvalue weighted by Gasteiger charge is -2.14. The van der Waals surface area contributed by atoms with Crippen LogP contribution in [0.2, 0.25) is 5.02 Å². The van der Waals surface area contributed by atoms with Crippen LogP contribution >= 0.6 is 27.5 Å². The molecule has 184 valence electrons. The van der Waals surface area contributed by atoms with Crippen molar-refractivity contribution < 1.29 is 9.66 Å². The Morgan fingerprint density at radius 3 is 2.64 bits per heavy atom. The van der Waals surface area contributed by atoms with Crippen molar-refractivity contribution in [3.8, 4) is 5.75 Å². The van der Waals surface area contributed by atoms with E-state index in [-0.39, 0.29) is 29.5 Å². The van der Waals surface area contributed by atoms with Gasteiger partial charge in [-0.3, -0.25) is 14.9 Å². The van der Waals surface area contributed by atoms with Gasteiger partial charge in [0.05, 0.1) is 22.0 Å².